The number of carbonyl (C=O) groups excluding carboxylic acids is 2. The largest absolute Gasteiger partial charge is 0.477 e. The Morgan fingerprint density at radius 3 is 2.82 bits per heavy atom. The number of fused-ring (bicyclic) bond motifs is 1. The number of halogens is 1. The number of rotatable bonds is 8. The fraction of sp³-hybridized carbons (Fsp3) is 0.375. The number of hydrogen-bond acceptors (Lipinski definition) is 13. The number of nitrogens with two attached hydrogens (primary N) is 1. The van der Waals surface area contributed by atoms with Crippen molar-refractivity contribution in [2.45, 2.75) is 16.6 Å². The molecule has 0 saturated carbocycles. The van der Waals surface area contributed by atoms with Crippen LogP contribution in [0.3, 0.4) is 0 Å². The molecule has 18 heteroatoms. The van der Waals surface area contributed by atoms with Gasteiger partial charge in [0.1, 0.15) is 33.7 Å². The number of amides is 2. The summed E-state index contributed by atoms with van der Waals surface area (Å²) in [5, 5.41) is 27.4. The Hall–Kier alpha value is -2.70. The third-order valence-electron chi connectivity index (χ3n) is 4.72. The second-order valence-electron chi connectivity index (χ2n) is 6.79. The van der Waals surface area contributed by atoms with Gasteiger partial charge in [0.15, 0.2) is 10.8 Å². The third kappa shape index (κ3) is 4.49. The lowest BCUT2D eigenvalue weighted by Crippen LogP contribution is -2.71. The Morgan fingerprint density at radius 2 is 2.24 bits per heavy atom. The van der Waals surface area contributed by atoms with Crippen LogP contribution in [0.5, 0.6) is 0 Å². The lowest BCUT2D eigenvalue weighted by molar-refractivity contribution is -0.150. The smallest absolute Gasteiger partial charge is 0.352 e. The van der Waals surface area contributed by atoms with E-state index in [0.717, 1.165) is 11.3 Å². The number of β-lactam (4-membered cyclic amide) rings is 1. The number of anilines is 1. The van der Waals surface area contributed by atoms with Gasteiger partial charge in [-0.2, -0.15) is 0 Å². The lowest BCUT2D eigenvalue weighted by atomic mass is 10.0. The van der Waals surface area contributed by atoms with Crippen LogP contribution in [0, 0.1) is 0 Å². The summed E-state index contributed by atoms with van der Waals surface area (Å²) in [6.07, 6.45) is 0. The SMILES string of the molecule is CON=C(C(=O)NC1C(=O)N2C(C(=O)O)=C(CSc3nnnn3C)CS[C@@H]12)c1nc(N)sc1Br. The van der Waals surface area contributed by atoms with E-state index in [1.54, 1.807) is 7.05 Å². The average molecular weight is 590 g/mol. The van der Waals surface area contributed by atoms with E-state index in [4.69, 9.17) is 10.6 Å². The molecule has 1 fully saturated rings. The molecule has 4 heterocycles. The second-order valence-corrected chi connectivity index (χ2v) is 11.2. The minimum atomic E-state index is -1.22. The van der Waals surface area contributed by atoms with Crippen molar-refractivity contribution in [3.05, 3.63) is 20.8 Å². The highest BCUT2D eigenvalue weighted by Gasteiger charge is 2.54. The fourth-order valence-corrected chi connectivity index (χ4v) is 6.91. The number of carboxylic acids is 1. The Kier molecular flexibility index (Phi) is 7.10. The number of carboxylic acid groups (broad SMARTS) is 1. The van der Waals surface area contributed by atoms with Crippen molar-refractivity contribution in [2.24, 2.45) is 12.2 Å². The minimum absolute atomic E-state index is 0.0947. The first-order valence-corrected chi connectivity index (χ1v) is 13.0. The summed E-state index contributed by atoms with van der Waals surface area (Å²) in [5.41, 5.74) is 6.16. The number of nitrogens with zero attached hydrogens (tertiary/aromatic N) is 7. The van der Waals surface area contributed by atoms with Gasteiger partial charge in [0.2, 0.25) is 5.16 Å². The van der Waals surface area contributed by atoms with Crippen LogP contribution in [0.1, 0.15) is 5.69 Å². The van der Waals surface area contributed by atoms with E-state index in [9.17, 15) is 19.5 Å². The molecular weight excluding hydrogens is 574 g/mol. The minimum Gasteiger partial charge on any atom is -0.477 e. The van der Waals surface area contributed by atoms with E-state index in [1.165, 1.54) is 40.2 Å². The maximum Gasteiger partial charge on any atom is 0.352 e. The van der Waals surface area contributed by atoms with Gasteiger partial charge in [-0.15, -0.1) is 16.9 Å². The predicted octanol–water partition coefficient (Wildman–Crippen LogP) is -0.107. The van der Waals surface area contributed by atoms with Crippen molar-refractivity contribution in [3.8, 4) is 0 Å². The van der Waals surface area contributed by atoms with Crippen LogP contribution < -0.4 is 11.1 Å². The van der Waals surface area contributed by atoms with Crippen LogP contribution in [0.4, 0.5) is 5.13 Å². The van der Waals surface area contributed by atoms with Crippen molar-refractivity contribution in [1.29, 1.82) is 0 Å². The molecule has 2 amide bonds. The molecule has 2 aliphatic heterocycles. The van der Waals surface area contributed by atoms with Crippen molar-refractivity contribution in [3.63, 3.8) is 0 Å². The number of nitrogen functional groups attached to an aromatic ring is 1. The Morgan fingerprint density at radius 1 is 1.47 bits per heavy atom. The molecule has 2 aromatic rings. The number of thioether (sulfide) groups is 2. The first kappa shape index (κ1) is 24.4. The van der Waals surface area contributed by atoms with Crippen molar-refractivity contribution in [1.82, 2.24) is 35.4 Å². The molecule has 0 spiro atoms. The Bertz CT molecular complexity index is 1230. The number of aromatic nitrogens is 5. The summed E-state index contributed by atoms with van der Waals surface area (Å²) in [4.78, 5) is 47.9. The van der Waals surface area contributed by atoms with Crippen molar-refractivity contribution >= 4 is 79.4 Å². The van der Waals surface area contributed by atoms with Crippen LogP contribution >= 0.6 is 50.8 Å². The molecule has 0 aromatic carbocycles. The van der Waals surface area contributed by atoms with Gasteiger partial charge in [0.25, 0.3) is 11.8 Å². The zero-order chi connectivity index (χ0) is 24.6. The monoisotopic (exact) mass is 589 g/mol. The molecule has 2 aliphatic rings. The highest BCUT2D eigenvalue weighted by Crippen LogP contribution is 2.41. The summed E-state index contributed by atoms with van der Waals surface area (Å²) in [5.74, 6) is -1.82. The van der Waals surface area contributed by atoms with E-state index < -0.39 is 29.2 Å². The number of tetrazole rings is 1. The zero-order valence-electron chi connectivity index (χ0n) is 17.5. The summed E-state index contributed by atoms with van der Waals surface area (Å²) >= 11 is 7.00. The average Bonchev–Trinajstić information content (AvgIpc) is 3.36. The maximum atomic E-state index is 12.9. The van der Waals surface area contributed by atoms with E-state index in [0.29, 0.717) is 26.0 Å². The molecule has 1 unspecified atom stereocenters. The molecule has 4 N–H and O–H groups in total. The Balaban J connectivity index is 1.51. The lowest BCUT2D eigenvalue weighted by Gasteiger charge is -2.49. The summed E-state index contributed by atoms with van der Waals surface area (Å²) in [7, 11) is 2.94. The molecule has 1 saturated heterocycles. The maximum absolute atomic E-state index is 12.9. The van der Waals surface area contributed by atoms with Gasteiger partial charge in [-0.1, -0.05) is 28.3 Å². The highest BCUT2D eigenvalue weighted by molar-refractivity contribution is 9.11. The van der Waals surface area contributed by atoms with E-state index in [2.05, 4.69) is 46.9 Å². The van der Waals surface area contributed by atoms with Crippen LogP contribution in [0.2, 0.25) is 0 Å². The van der Waals surface area contributed by atoms with Crippen LogP contribution in [0.25, 0.3) is 0 Å². The summed E-state index contributed by atoms with van der Waals surface area (Å²) in [6, 6.07) is -0.944. The molecule has 2 atom stereocenters. The molecule has 2 aromatic heterocycles. The quantitative estimate of drug-likeness (QED) is 0.160. The first-order valence-electron chi connectivity index (χ1n) is 9.32. The van der Waals surface area contributed by atoms with Gasteiger partial charge in [-0.3, -0.25) is 14.5 Å². The van der Waals surface area contributed by atoms with Gasteiger partial charge in [-0.05, 0) is 31.9 Å². The molecule has 4 rings (SSSR count). The number of thiazole rings is 1. The van der Waals surface area contributed by atoms with E-state index >= 15 is 0 Å². The molecule has 0 bridgehead atoms. The molecule has 34 heavy (non-hydrogen) atoms. The van der Waals surface area contributed by atoms with Crippen LogP contribution in [-0.4, -0.2) is 88.7 Å². The van der Waals surface area contributed by atoms with E-state index in [1.807, 2.05) is 0 Å². The topological polar surface area (TPSA) is 191 Å². The van der Waals surface area contributed by atoms with Gasteiger partial charge in [0, 0.05) is 18.6 Å². The summed E-state index contributed by atoms with van der Waals surface area (Å²) in [6.45, 7) is 0. The first-order chi connectivity index (χ1) is 16.2. The van der Waals surface area contributed by atoms with Crippen molar-refractivity contribution in [2.75, 3.05) is 24.3 Å². The van der Waals surface area contributed by atoms with Crippen LogP contribution in [-0.2, 0) is 26.3 Å². The molecule has 0 radical (unpaired) electrons. The normalized spacial score (nSPS) is 20.1. The molecular formula is C16H16BrN9O5S3. The number of carbonyl (C=O) groups is 3. The number of aryl methyl sites for hydroxylation is 1. The fourth-order valence-electron chi connectivity index (χ4n) is 3.25. The third-order valence-corrected chi connectivity index (χ3v) is 8.69. The van der Waals surface area contributed by atoms with Crippen molar-refractivity contribution < 1.29 is 24.3 Å². The number of aliphatic carboxylic acids is 1. The van der Waals surface area contributed by atoms with Gasteiger partial charge in [-0.25, -0.2) is 14.5 Å². The number of hydrogen-bond donors (Lipinski definition) is 3. The molecule has 180 valence electrons. The molecule has 0 aliphatic carbocycles. The predicted molar refractivity (Wildman–Crippen MR) is 127 cm³/mol. The second kappa shape index (κ2) is 9.88. The number of nitrogens with one attached hydrogen (secondary N) is 1. The Labute approximate surface area is 212 Å². The zero-order valence-corrected chi connectivity index (χ0v) is 21.5. The number of oxime groups is 1. The van der Waals surface area contributed by atoms with Gasteiger partial charge in [0.05, 0.1) is 0 Å². The van der Waals surface area contributed by atoms with Gasteiger partial charge < -0.3 is 21.0 Å². The standard InChI is InChI=1S/C16H16BrN9O5S3/c1-25-16(21-23-24-25)33-4-5-3-32-13-8(12(28)26(13)9(5)14(29)30)19-11(27)7(22-31-2)6-10(17)34-15(18)20-6/h8,13H,3-4H2,1-2H3,(H2,18,20)(H,19,27)(H,29,30)/t8?,13-/m0/s1. The van der Waals surface area contributed by atoms with Gasteiger partial charge >= 0.3 is 5.97 Å². The summed E-state index contributed by atoms with van der Waals surface area (Å²) < 4.78 is 1.94. The molecule has 14 nitrogen and oxygen atoms in total. The van der Waals surface area contributed by atoms with Crippen LogP contribution in [0.15, 0.2) is 25.4 Å². The van der Waals surface area contributed by atoms with E-state index in [-0.39, 0.29) is 22.2 Å². The highest BCUT2D eigenvalue weighted by atomic mass is 79.9.